The molecule has 0 aliphatic carbocycles. The first-order valence-corrected chi connectivity index (χ1v) is 7.39. The Morgan fingerprint density at radius 3 is 2.95 bits per heavy atom. The second-order valence-electron chi connectivity index (χ2n) is 4.45. The van der Waals surface area contributed by atoms with Crippen molar-refractivity contribution in [2.24, 2.45) is 0 Å². The predicted molar refractivity (Wildman–Crippen MR) is 79.5 cm³/mol. The molecule has 20 heavy (non-hydrogen) atoms. The van der Waals surface area contributed by atoms with Gasteiger partial charge in [0.15, 0.2) is 6.61 Å². The molecule has 0 saturated heterocycles. The Hall–Kier alpha value is -1.40. The van der Waals surface area contributed by atoms with Gasteiger partial charge in [0.2, 0.25) is 11.7 Å². The normalized spacial score (nSPS) is 10.8. The molecular weight excluding hydrogens is 322 g/mol. The Morgan fingerprint density at radius 1 is 1.40 bits per heavy atom. The third kappa shape index (κ3) is 4.31. The van der Waals surface area contributed by atoms with E-state index in [1.54, 1.807) is 6.92 Å². The second kappa shape index (κ2) is 7.40. The Kier molecular flexibility index (Phi) is 5.55. The molecule has 2 rings (SSSR count). The molecular formula is C14H18BrN3O2. The first-order chi connectivity index (χ1) is 9.69. The number of rotatable bonds is 7. The van der Waals surface area contributed by atoms with Crippen molar-refractivity contribution in [3.63, 3.8) is 0 Å². The van der Waals surface area contributed by atoms with Crippen LogP contribution in [0, 0.1) is 6.92 Å². The first-order valence-electron chi connectivity index (χ1n) is 6.60. The highest BCUT2D eigenvalue weighted by Gasteiger charge is 2.07. The first kappa shape index (κ1) is 15.0. The third-order valence-electron chi connectivity index (χ3n) is 2.69. The highest BCUT2D eigenvalue weighted by Crippen LogP contribution is 2.24. The van der Waals surface area contributed by atoms with Crippen LogP contribution in [-0.4, -0.2) is 16.7 Å². The van der Waals surface area contributed by atoms with Crippen LogP contribution in [0.5, 0.6) is 5.75 Å². The highest BCUT2D eigenvalue weighted by atomic mass is 79.9. The van der Waals surface area contributed by atoms with Gasteiger partial charge in [0.25, 0.3) is 0 Å². The number of hydrogen-bond donors (Lipinski definition) is 1. The molecule has 1 aromatic carbocycles. The highest BCUT2D eigenvalue weighted by molar-refractivity contribution is 9.10. The fourth-order valence-electron chi connectivity index (χ4n) is 1.77. The molecule has 0 spiro atoms. The Balaban J connectivity index is 2.01. The van der Waals surface area contributed by atoms with Crippen molar-refractivity contribution in [1.82, 2.24) is 15.5 Å². The standard InChI is InChI=1S/C14H18BrN3O2/c1-3-6-16-8-11-7-12(15)4-5-13(11)19-9-14-17-10(2)20-18-14/h4-5,7,16H,3,6,8-9H2,1-2H3. The number of nitrogens with one attached hydrogen (secondary N) is 1. The van der Waals surface area contributed by atoms with Gasteiger partial charge in [-0.05, 0) is 31.2 Å². The summed E-state index contributed by atoms with van der Waals surface area (Å²) in [5, 5.41) is 7.19. The zero-order valence-electron chi connectivity index (χ0n) is 11.6. The lowest BCUT2D eigenvalue weighted by atomic mass is 10.2. The summed E-state index contributed by atoms with van der Waals surface area (Å²) in [5.74, 6) is 1.93. The molecule has 5 nitrogen and oxygen atoms in total. The molecule has 0 bridgehead atoms. The van der Waals surface area contributed by atoms with Gasteiger partial charge >= 0.3 is 0 Å². The molecule has 108 valence electrons. The second-order valence-corrected chi connectivity index (χ2v) is 5.36. The maximum absolute atomic E-state index is 5.78. The molecule has 6 heteroatoms. The van der Waals surface area contributed by atoms with Crippen molar-refractivity contribution in [2.75, 3.05) is 6.54 Å². The van der Waals surface area contributed by atoms with E-state index in [1.165, 1.54) is 0 Å². The number of hydrogen-bond acceptors (Lipinski definition) is 5. The Bertz CT molecular complexity index is 557. The number of ether oxygens (including phenoxy) is 1. The average molecular weight is 340 g/mol. The van der Waals surface area contributed by atoms with Crippen molar-refractivity contribution in [3.05, 3.63) is 40.0 Å². The summed E-state index contributed by atoms with van der Waals surface area (Å²) in [4.78, 5) is 4.12. The Labute approximate surface area is 126 Å². The molecule has 0 aliphatic rings. The van der Waals surface area contributed by atoms with Gasteiger partial charge in [-0.15, -0.1) is 0 Å². The lowest BCUT2D eigenvalue weighted by molar-refractivity contribution is 0.282. The molecule has 1 heterocycles. The molecule has 1 aromatic heterocycles. The van der Waals surface area contributed by atoms with E-state index in [0.29, 0.717) is 18.3 Å². The largest absolute Gasteiger partial charge is 0.485 e. The van der Waals surface area contributed by atoms with E-state index < -0.39 is 0 Å². The smallest absolute Gasteiger partial charge is 0.223 e. The van der Waals surface area contributed by atoms with Crippen molar-refractivity contribution >= 4 is 15.9 Å². The van der Waals surface area contributed by atoms with Gasteiger partial charge in [-0.1, -0.05) is 28.0 Å². The molecule has 0 radical (unpaired) electrons. The van der Waals surface area contributed by atoms with Gasteiger partial charge in [0, 0.05) is 23.5 Å². The summed E-state index contributed by atoms with van der Waals surface area (Å²) < 4.78 is 11.7. The maximum Gasteiger partial charge on any atom is 0.223 e. The fraction of sp³-hybridized carbons (Fsp3) is 0.429. The topological polar surface area (TPSA) is 60.2 Å². The van der Waals surface area contributed by atoms with Gasteiger partial charge in [0.1, 0.15) is 5.75 Å². The van der Waals surface area contributed by atoms with Crippen LogP contribution in [0.2, 0.25) is 0 Å². The third-order valence-corrected chi connectivity index (χ3v) is 3.18. The maximum atomic E-state index is 5.78. The summed E-state index contributed by atoms with van der Waals surface area (Å²) >= 11 is 3.48. The molecule has 0 atom stereocenters. The monoisotopic (exact) mass is 339 g/mol. The van der Waals surface area contributed by atoms with Gasteiger partial charge < -0.3 is 14.6 Å². The van der Waals surface area contributed by atoms with Gasteiger partial charge in [0.05, 0.1) is 0 Å². The van der Waals surface area contributed by atoms with Crippen LogP contribution in [0.3, 0.4) is 0 Å². The van der Waals surface area contributed by atoms with Crippen LogP contribution in [0.4, 0.5) is 0 Å². The average Bonchev–Trinajstić information content (AvgIpc) is 2.84. The summed E-state index contributed by atoms with van der Waals surface area (Å²) in [6, 6.07) is 5.96. The lowest BCUT2D eigenvalue weighted by Gasteiger charge is -2.11. The van der Waals surface area contributed by atoms with E-state index in [9.17, 15) is 0 Å². The number of aryl methyl sites for hydroxylation is 1. The van der Waals surface area contributed by atoms with Crippen molar-refractivity contribution in [3.8, 4) is 5.75 Å². The van der Waals surface area contributed by atoms with Crippen LogP contribution >= 0.6 is 15.9 Å². The molecule has 0 saturated carbocycles. The molecule has 0 aliphatic heterocycles. The van der Waals surface area contributed by atoms with E-state index in [1.807, 2.05) is 12.1 Å². The van der Waals surface area contributed by atoms with E-state index in [0.717, 1.165) is 35.3 Å². The van der Waals surface area contributed by atoms with Crippen LogP contribution in [0.25, 0.3) is 0 Å². The SMILES string of the molecule is CCCNCc1cc(Br)ccc1OCc1noc(C)n1. The van der Waals surface area contributed by atoms with E-state index in [2.05, 4.69) is 44.4 Å². The molecule has 0 fully saturated rings. The van der Waals surface area contributed by atoms with Gasteiger partial charge in [-0.3, -0.25) is 0 Å². The van der Waals surface area contributed by atoms with Crippen LogP contribution in [0.1, 0.15) is 30.6 Å². The summed E-state index contributed by atoms with van der Waals surface area (Å²) in [6.45, 7) is 5.96. The molecule has 1 N–H and O–H groups in total. The number of aromatic nitrogens is 2. The minimum absolute atomic E-state index is 0.305. The lowest BCUT2D eigenvalue weighted by Crippen LogP contribution is -2.14. The zero-order chi connectivity index (χ0) is 14.4. The van der Waals surface area contributed by atoms with Gasteiger partial charge in [-0.2, -0.15) is 4.98 Å². The molecule has 0 unspecified atom stereocenters. The Morgan fingerprint density at radius 2 is 2.25 bits per heavy atom. The fourth-order valence-corrected chi connectivity index (χ4v) is 2.18. The predicted octanol–water partition coefficient (Wildman–Crippen LogP) is 3.22. The van der Waals surface area contributed by atoms with Crippen molar-refractivity contribution in [2.45, 2.75) is 33.4 Å². The van der Waals surface area contributed by atoms with Crippen molar-refractivity contribution in [1.29, 1.82) is 0 Å². The minimum atomic E-state index is 0.305. The summed E-state index contributed by atoms with van der Waals surface area (Å²) in [7, 11) is 0. The van der Waals surface area contributed by atoms with Crippen LogP contribution in [0.15, 0.2) is 27.2 Å². The summed E-state index contributed by atoms with van der Waals surface area (Å²) in [6.07, 6.45) is 1.10. The van der Waals surface area contributed by atoms with Crippen LogP contribution < -0.4 is 10.1 Å². The van der Waals surface area contributed by atoms with E-state index in [-0.39, 0.29) is 0 Å². The number of benzene rings is 1. The molecule has 0 amide bonds. The minimum Gasteiger partial charge on any atom is -0.485 e. The quantitative estimate of drug-likeness (QED) is 0.784. The van der Waals surface area contributed by atoms with Gasteiger partial charge in [-0.25, -0.2) is 0 Å². The summed E-state index contributed by atoms with van der Waals surface area (Å²) in [5.41, 5.74) is 1.10. The van der Waals surface area contributed by atoms with E-state index >= 15 is 0 Å². The zero-order valence-corrected chi connectivity index (χ0v) is 13.2. The van der Waals surface area contributed by atoms with E-state index in [4.69, 9.17) is 9.26 Å². The number of nitrogens with zero attached hydrogens (tertiary/aromatic N) is 2. The molecule has 2 aromatic rings. The van der Waals surface area contributed by atoms with Crippen molar-refractivity contribution < 1.29 is 9.26 Å². The number of halogens is 1. The van der Waals surface area contributed by atoms with Crippen LogP contribution in [-0.2, 0) is 13.2 Å².